The van der Waals surface area contributed by atoms with Crippen LogP contribution in [0.2, 0.25) is 0 Å². The van der Waals surface area contributed by atoms with Gasteiger partial charge in [-0.3, -0.25) is 19.2 Å². The minimum atomic E-state index is -0.908. The SMILES string of the molecule is COC1C(OC(=O)NC2CCC(NC(=O)CNN[C@@H](CC(C)C)C(=O)C(=O)[C@H](Cc3ccccc3)NNCC(=O)C(C)C)CC2)CC[C@]2(CO2)C1C1(C)O[C@@H]1CC=C(C)C. The van der Waals surface area contributed by atoms with Crippen molar-refractivity contribution in [3.63, 3.8) is 0 Å². The van der Waals surface area contributed by atoms with Gasteiger partial charge in [0.15, 0.2) is 5.78 Å². The Morgan fingerprint density at radius 1 is 0.867 bits per heavy atom. The quantitative estimate of drug-likeness (QED) is 0.0403. The average Bonchev–Trinajstić information content (AvgIpc) is 4.13. The normalized spacial score (nSPS) is 29.4. The predicted octanol–water partition coefficient (Wildman–Crippen LogP) is 3.79. The lowest BCUT2D eigenvalue weighted by atomic mass is 9.68. The topological polar surface area (TPSA) is 201 Å². The Morgan fingerprint density at radius 2 is 1.48 bits per heavy atom. The summed E-state index contributed by atoms with van der Waals surface area (Å²) in [7, 11) is 1.66. The van der Waals surface area contributed by atoms with Crippen LogP contribution in [0.15, 0.2) is 42.0 Å². The molecule has 2 aliphatic heterocycles. The van der Waals surface area contributed by atoms with Crippen molar-refractivity contribution in [1.82, 2.24) is 32.3 Å². The van der Waals surface area contributed by atoms with Crippen molar-refractivity contribution in [2.45, 2.75) is 160 Å². The van der Waals surface area contributed by atoms with E-state index in [2.05, 4.69) is 59.2 Å². The molecule has 334 valence electrons. The first-order chi connectivity index (χ1) is 28.5. The maximum Gasteiger partial charge on any atom is 0.407 e. The Bertz CT molecular complexity index is 1660. The number of benzene rings is 1. The molecule has 2 saturated carbocycles. The number of rotatable bonds is 23. The van der Waals surface area contributed by atoms with Crippen molar-refractivity contribution >= 4 is 29.4 Å². The highest BCUT2D eigenvalue weighted by molar-refractivity contribution is 6.41. The van der Waals surface area contributed by atoms with Crippen LogP contribution in [-0.4, -0.2) is 110 Å². The van der Waals surface area contributed by atoms with Crippen molar-refractivity contribution < 1.29 is 42.9 Å². The lowest BCUT2D eigenvalue weighted by Gasteiger charge is -2.42. The molecule has 5 rings (SSSR count). The molecule has 60 heavy (non-hydrogen) atoms. The van der Waals surface area contributed by atoms with Crippen LogP contribution in [0, 0.1) is 17.8 Å². The third kappa shape index (κ3) is 13.0. The monoisotopic (exact) mass is 839 g/mol. The van der Waals surface area contributed by atoms with Gasteiger partial charge in [0.05, 0.1) is 43.8 Å². The van der Waals surface area contributed by atoms with E-state index in [0.717, 1.165) is 18.4 Å². The highest BCUT2D eigenvalue weighted by atomic mass is 16.6. The van der Waals surface area contributed by atoms with E-state index in [4.69, 9.17) is 18.9 Å². The highest BCUT2D eigenvalue weighted by Crippen LogP contribution is 2.59. The summed E-state index contributed by atoms with van der Waals surface area (Å²) in [5.74, 6) is -1.69. The molecule has 2 saturated heterocycles. The maximum atomic E-state index is 13.7. The van der Waals surface area contributed by atoms with Gasteiger partial charge in [-0.05, 0) is 90.0 Å². The second-order valence-corrected chi connectivity index (χ2v) is 18.4. The summed E-state index contributed by atoms with van der Waals surface area (Å²) in [5.41, 5.74) is 13.0. The van der Waals surface area contributed by atoms with Crippen LogP contribution >= 0.6 is 0 Å². The number of hydrazine groups is 2. The third-order valence-electron chi connectivity index (χ3n) is 12.5. The number of methoxy groups -OCH3 is 1. The standard InChI is InChI=1S/C45H70N6O9/c1-27(2)14-19-37-44(7,60-37)42-41(57-8)36(20-21-45(42)26-58-45)59-43(56)49-32-17-15-31(16-18-32)48-38(53)25-47-50-33(22-28(3)4)39(54)40(55)34(23-30-12-10-9-11-13-30)51-46-24-35(52)29(5)6/h9-14,28-29,31-34,36-37,41-42,46-47,50-51H,15-26H2,1-8H3,(H,48,53)(H,49,56)/t31?,32?,33-,34-,36?,37+,41?,42?,44?,45-/m0/s1. The number of Topliss-reactive ketones (excluding diaryl/α,β-unsaturated/α-hetero) is 3. The van der Waals surface area contributed by atoms with E-state index in [1.807, 2.05) is 44.2 Å². The molecule has 4 unspecified atom stereocenters. The molecule has 8 atom stereocenters. The van der Waals surface area contributed by atoms with Crippen molar-refractivity contribution in [3.05, 3.63) is 47.5 Å². The Balaban J connectivity index is 1.05. The summed E-state index contributed by atoms with van der Waals surface area (Å²) >= 11 is 0. The molecule has 0 aromatic heterocycles. The number of carbonyl (C=O) groups excluding carboxylic acids is 5. The largest absolute Gasteiger partial charge is 0.443 e. The first-order valence-corrected chi connectivity index (χ1v) is 21.9. The summed E-state index contributed by atoms with van der Waals surface area (Å²) < 4.78 is 24.4. The third-order valence-corrected chi connectivity index (χ3v) is 12.5. The number of hydrogen-bond acceptors (Lipinski definition) is 13. The number of alkyl carbamates (subject to hydrolysis) is 1. The lowest BCUT2D eigenvalue weighted by molar-refractivity contribution is -0.139. The second kappa shape index (κ2) is 21.5. The number of allylic oxidation sites excluding steroid dienone is 1. The van der Waals surface area contributed by atoms with Gasteiger partial charge in [-0.2, -0.15) is 0 Å². The summed E-state index contributed by atoms with van der Waals surface area (Å²) in [6.45, 7) is 14.4. The van der Waals surface area contributed by atoms with E-state index in [0.29, 0.717) is 45.1 Å². The predicted molar refractivity (Wildman–Crippen MR) is 226 cm³/mol. The van der Waals surface area contributed by atoms with Crippen molar-refractivity contribution in [3.8, 4) is 0 Å². The average molecular weight is 839 g/mol. The van der Waals surface area contributed by atoms with Gasteiger partial charge in [-0.1, -0.05) is 69.7 Å². The zero-order valence-electron chi connectivity index (χ0n) is 36.9. The molecule has 1 aromatic carbocycles. The van der Waals surface area contributed by atoms with E-state index in [1.54, 1.807) is 21.0 Å². The van der Waals surface area contributed by atoms with Crippen LogP contribution in [0.25, 0.3) is 0 Å². The number of nitrogens with one attached hydrogen (secondary N) is 6. The van der Waals surface area contributed by atoms with E-state index < -0.39 is 41.4 Å². The fraction of sp³-hybridized carbons (Fsp3) is 0.711. The number of amides is 2. The summed E-state index contributed by atoms with van der Waals surface area (Å²) in [6, 6.07) is 7.41. The first-order valence-electron chi connectivity index (χ1n) is 21.9. The number of ketones is 3. The molecule has 15 nitrogen and oxygen atoms in total. The van der Waals surface area contributed by atoms with Crippen LogP contribution < -0.4 is 32.3 Å². The first kappa shape index (κ1) is 47.5. The molecular weight excluding hydrogens is 769 g/mol. The summed E-state index contributed by atoms with van der Waals surface area (Å²) in [6.07, 6.45) is 6.56. The van der Waals surface area contributed by atoms with Gasteiger partial charge < -0.3 is 29.6 Å². The summed E-state index contributed by atoms with van der Waals surface area (Å²) in [5, 5.41) is 6.10. The van der Waals surface area contributed by atoms with Gasteiger partial charge in [0.2, 0.25) is 17.5 Å². The van der Waals surface area contributed by atoms with Crippen LogP contribution in [0.3, 0.4) is 0 Å². The van der Waals surface area contributed by atoms with Gasteiger partial charge >= 0.3 is 6.09 Å². The summed E-state index contributed by atoms with van der Waals surface area (Å²) in [4.78, 5) is 65.7. The number of ether oxygens (including phenoxy) is 4. The molecule has 15 heteroatoms. The van der Waals surface area contributed by atoms with E-state index in [9.17, 15) is 24.0 Å². The van der Waals surface area contributed by atoms with Crippen LogP contribution in [0.4, 0.5) is 4.79 Å². The van der Waals surface area contributed by atoms with E-state index in [-0.39, 0.29) is 78.8 Å². The molecule has 4 aliphatic rings. The molecule has 6 N–H and O–H groups in total. The van der Waals surface area contributed by atoms with Gasteiger partial charge in [0, 0.05) is 25.1 Å². The van der Waals surface area contributed by atoms with Gasteiger partial charge in [-0.15, -0.1) is 0 Å². The molecule has 0 radical (unpaired) electrons. The van der Waals surface area contributed by atoms with Gasteiger partial charge in [0.25, 0.3) is 0 Å². The fourth-order valence-electron chi connectivity index (χ4n) is 8.89. The molecule has 0 bridgehead atoms. The molecular formula is C45H70N6O9. The Hall–Kier alpha value is -3.57. The number of epoxide rings is 2. The Morgan fingerprint density at radius 3 is 2.08 bits per heavy atom. The molecule has 1 spiro atoms. The molecule has 2 aliphatic carbocycles. The molecule has 4 fully saturated rings. The zero-order valence-corrected chi connectivity index (χ0v) is 36.9. The van der Waals surface area contributed by atoms with Gasteiger partial charge in [0.1, 0.15) is 23.4 Å². The molecule has 2 heterocycles. The van der Waals surface area contributed by atoms with Crippen LogP contribution in [0.5, 0.6) is 0 Å². The highest BCUT2D eigenvalue weighted by Gasteiger charge is 2.72. The van der Waals surface area contributed by atoms with E-state index in [1.165, 1.54) is 5.57 Å². The minimum Gasteiger partial charge on any atom is -0.443 e. The smallest absolute Gasteiger partial charge is 0.407 e. The minimum absolute atomic E-state index is 0.0145. The van der Waals surface area contributed by atoms with Crippen molar-refractivity contribution in [1.29, 1.82) is 0 Å². The lowest BCUT2D eigenvalue weighted by Crippen LogP contribution is -2.57. The number of hydrogen-bond donors (Lipinski definition) is 6. The maximum absolute atomic E-state index is 13.7. The second-order valence-electron chi connectivity index (χ2n) is 18.4. The Labute approximate surface area is 355 Å². The molecule has 2 amide bonds. The fourth-order valence-corrected chi connectivity index (χ4v) is 8.89. The van der Waals surface area contributed by atoms with Crippen molar-refractivity contribution in [2.24, 2.45) is 17.8 Å². The number of carbonyl (C=O) groups is 5. The molecule has 1 aromatic rings. The van der Waals surface area contributed by atoms with Gasteiger partial charge in [-0.25, -0.2) is 26.5 Å². The van der Waals surface area contributed by atoms with Crippen molar-refractivity contribution in [2.75, 3.05) is 26.8 Å². The Kier molecular flexibility index (Phi) is 17.0. The van der Waals surface area contributed by atoms with Crippen LogP contribution in [-0.2, 0) is 44.5 Å². The van der Waals surface area contributed by atoms with E-state index >= 15 is 0 Å². The van der Waals surface area contributed by atoms with Crippen LogP contribution in [0.1, 0.15) is 105 Å². The zero-order chi connectivity index (χ0) is 43.6.